The highest BCUT2D eigenvalue weighted by Crippen LogP contribution is 2.61. The van der Waals surface area contributed by atoms with E-state index in [1.807, 2.05) is 6.07 Å². The molecule has 4 heteroatoms. The summed E-state index contributed by atoms with van der Waals surface area (Å²) >= 11 is 0. The standard InChI is InChI=1S/C24H37NO2.ClH/c1-2-25(16-19-6-4-3-5-7-19)17-23(26)18-27-9-8-24-13-20-10-21(14-24)12-22(11-20)15-24;/h3-7,20-23,26H,2,8-18H2,1H3;1H. The van der Waals surface area contributed by atoms with E-state index in [1.165, 1.54) is 50.5 Å². The molecule has 1 aromatic carbocycles. The second-order valence-corrected chi connectivity index (χ2v) is 9.71. The molecule has 4 fully saturated rings. The minimum atomic E-state index is -0.398. The lowest BCUT2D eigenvalue weighted by molar-refractivity contribution is -0.0741. The predicted octanol–water partition coefficient (Wildman–Crippen LogP) is 4.91. The minimum Gasteiger partial charge on any atom is -0.389 e. The number of aliphatic hydroxyl groups is 1. The van der Waals surface area contributed by atoms with Crippen LogP contribution in [0.1, 0.15) is 57.4 Å². The van der Waals surface area contributed by atoms with Gasteiger partial charge in [-0.05, 0) is 80.2 Å². The summed E-state index contributed by atoms with van der Waals surface area (Å²) in [5.41, 5.74) is 1.89. The van der Waals surface area contributed by atoms with Crippen LogP contribution < -0.4 is 0 Å². The van der Waals surface area contributed by atoms with Crippen LogP contribution in [0.15, 0.2) is 30.3 Å². The first-order chi connectivity index (χ1) is 13.1. The number of likely N-dealkylation sites (N-methyl/N-ethyl adjacent to an activating group) is 1. The van der Waals surface area contributed by atoms with Crippen molar-refractivity contribution in [2.75, 3.05) is 26.3 Å². The molecule has 0 amide bonds. The number of rotatable bonds is 10. The molecule has 0 aromatic heterocycles. The van der Waals surface area contributed by atoms with Crippen molar-refractivity contribution < 1.29 is 9.84 Å². The fraction of sp³-hybridized carbons (Fsp3) is 0.750. The van der Waals surface area contributed by atoms with Gasteiger partial charge in [0.1, 0.15) is 0 Å². The molecule has 0 radical (unpaired) electrons. The predicted molar refractivity (Wildman–Crippen MR) is 117 cm³/mol. The third-order valence-corrected chi connectivity index (χ3v) is 7.42. The summed E-state index contributed by atoms with van der Waals surface area (Å²) in [6.07, 6.45) is 9.69. The molecular formula is C24H38ClNO2. The van der Waals surface area contributed by atoms with Gasteiger partial charge in [-0.2, -0.15) is 0 Å². The lowest BCUT2D eigenvalue weighted by atomic mass is 9.49. The van der Waals surface area contributed by atoms with Gasteiger partial charge in [-0.1, -0.05) is 37.3 Å². The summed E-state index contributed by atoms with van der Waals surface area (Å²) in [5, 5.41) is 10.4. The van der Waals surface area contributed by atoms with Gasteiger partial charge in [0.15, 0.2) is 0 Å². The highest BCUT2D eigenvalue weighted by atomic mass is 35.5. The molecular weight excluding hydrogens is 370 g/mol. The highest BCUT2D eigenvalue weighted by molar-refractivity contribution is 5.85. The monoisotopic (exact) mass is 407 g/mol. The molecule has 4 bridgehead atoms. The molecule has 5 rings (SSSR count). The molecule has 4 aliphatic rings. The molecule has 28 heavy (non-hydrogen) atoms. The van der Waals surface area contributed by atoms with E-state index in [1.54, 1.807) is 0 Å². The van der Waals surface area contributed by atoms with Crippen LogP contribution in [0.2, 0.25) is 0 Å². The molecule has 3 nitrogen and oxygen atoms in total. The van der Waals surface area contributed by atoms with Gasteiger partial charge in [0, 0.05) is 19.7 Å². The molecule has 1 aromatic rings. The van der Waals surface area contributed by atoms with E-state index in [2.05, 4.69) is 36.1 Å². The first-order valence-corrected chi connectivity index (χ1v) is 11.2. The second kappa shape index (κ2) is 9.93. The Morgan fingerprint density at radius 2 is 1.68 bits per heavy atom. The van der Waals surface area contributed by atoms with Crippen LogP contribution in [0.4, 0.5) is 0 Å². The highest BCUT2D eigenvalue weighted by Gasteiger charge is 2.50. The zero-order valence-electron chi connectivity index (χ0n) is 17.4. The largest absolute Gasteiger partial charge is 0.389 e. The van der Waals surface area contributed by atoms with E-state index in [9.17, 15) is 5.11 Å². The maximum atomic E-state index is 10.4. The van der Waals surface area contributed by atoms with E-state index in [-0.39, 0.29) is 12.4 Å². The van der Waals surface area contributed by atoms with Crippen LogP contribution in [0.25, 0.3) is 0 Å². The summed E-state index contributed by atoms with van der Waals surface area (Å²) in [6.45, 7) is 5.97. The average molecular weight is 408 g/mol. The maximum absolute atomic E-state index is 10.4. The van der Waals surface area contributed by atoms with Crippen LogP contribution in [0, 0.1) is 23.2 Å². The number of benzene rings is 1. The summed E-state index contributed by atoms with van der Waals surface area (Å²) < 4.78 is 5.95. The van der Waals surface area contributed by atoms with Crippen molar-refractivity contribution in [1.82, 2.24) is 4.90 Å². The fourth-order valence-corrected chi connectivity index (χ4v) is 6.60. The van der Waals surface area contributed by atoms with Crippen molar-refractivity contribution in [3.05, 3.63) is 35.9 Å². The van der Waals surface area contributed by atoms with Crippen molar-refractivity contribution in [2.24, 2.45) is 23.2 Å². The summed E-state index contributed by atoms with van der Waals surface area (Å²) in [7, 11) is 0. The van der Waals surface area contributed by atoms with E-state index in [0.29, 0.717) is 18.6 Å². The van der Waals surface area contributed by atoms with Gasteiger partial charge in [-0.25, -0.2) is 0 Å². The molecule has 0 saturated heterocycles. The van der Waals surface area contributed by atoms with Gasteiger partial charge < -0.3 is 9.84 Å². The normalized spacial score (nSPS) is 31.8. The molecule has 158 valence electrons. The number of nitrogens with zero attached hydrogens (tertiary/aromatic N) is 1. The minimum absolute atomic E-state index is 0. The topological polar surface area (TPSA) is 32.7 Å². The van der Waals surface area contributed by atoms with Crippen LogP contribution in [-0.2, 0) is 11.3 Å². The third-order valence-electron chi connectivity index (χ3n) is 7.42. The van der Waals surface area contributed by atoms with Crippen molar-refractivity contribution in [2.45, 2.75) is 64.5 Å². The smallest absolute Gasteiger partial charge is 0.0900 e. The third kappa shape index (κ3) is 5.50. The molecule has 1 unspecified atom stereocenters. The van der Waals surface area contributed by atoms with Crippen LogP contribution >= 0.6 is 12.4 Å². The zero-order chi connectivity index (χ0) is 18.7. The molecule has 0 aliphatic heterocycles. The van der Waals surface area contributed by atoms with Crippen LogP contribution in [0.5, 0.6) is 0 Å². The summed E-state index contributed by atoms with van der Waals surface area (Å²) in [6, 6.07) is 10.5. The molecule has 4 saturated carbocycles. The molecule has 1 N–H and O–H groups in total. The molecule has 0 heterocycles. The summed E-state index contributed by atoms with van der Waals surface area (Å²) in [5.74, 6) is 3.04. The number of hydrogen-bond donors (Lipinski definition) is 1. The van der Waals surface area contributed by atoms with Gasteiger partial charge in [0.2, 0.25) is 0 Å². The Morgan fingerprint density at radius 1 is 1.07 bits per heavy atom. The Hall–Kier alpha value is -0.610. The van der Waals surface area contributed by atoms with Crippen LogP contribution in [0.3, 0.4) is 0 Å². The number of ether oxygens (including phenoxy) is 1. The Bertz CT molecular complexity index is 558. The Kier molecular flexibility index (Phi) is 7.83. The maximum Gasteiger partial charge on any atom is 0.0900 e. The van der Waals surface area contributed by atoms with Crippen LogP contribution in [-0.4, -0.2) is 42.4 Å². The first-order valence-electron chi connectivity index (χ1n) is 11.2. The van der Waals surface area contributed by atoms with Gasteiger partial charge in [-0.15, -0.1) is 12.4 Å². The quantitative estimate of drug-likeness (QED) is 0.559. The Balaban J connectivity index is 0.00000225. The first kappa shape index (κ1) is 22.1. The number of hydrogen-bond acceptors (Lipinski definition) is 3. The van der Waals surface area contributed by atoms with Gasteiger partial charge in [0.25, 0.3) is 0 Å². The van der Waals surface area contributed by atoms with E-state index < -0.39 is 6.10 Å². The lowest BCUT2D eigenvalue weighted by Gasteiger charge is -2.57. The van der Waals surface area contributed by atoms with Gasteiger partial charge >= 0.3 is 0 Å². The fourth-order valence-electron chi connectivity index (χ4n) is 6.60. The Morgan fingerprint density at radius 3 is 2.25 bits per heavy atom. The average Bonchev–Trinajstić information content (AvgIpc) is 2.64. The second-order valence-electron chi connectivity index (χ2n) is 9.71. The van der Waals surface area contributed by atoms with E-state index in [4.69, 9.17) is 4.74 Å². The van der Waals surface area contributed by atoms with Gasteiger partial charge in [0.05, 0.1) is 12.7 Å². The SMILES string of the molecule is CCN(Cc1ccccc1)CC(O)COCCC12CC3CC(CC(C3)C1)C2.Cl. The van der Waals surface area contributed by atoms with Gasteiger partial charge in [-0.3, -0.25) is 4.90 Å². The Labute approximate surface area is 177 Å². The summed E-state index contributed by atoms with van der Waals surface area (Å²) in [4.78, 5) is 2.29. The van der Waals surface area contributed by atoms with Crippen molar-refractivity contribution in [3.63, 3.8) is 0 Å². The molecule has 4 aliphatic carbocycles. The molecule has 1 atom stereocenters. The number of halogens is 1. The number of aliphatic hydroxyl groups excluding tert-OH is 1. The van der Waals surface area contributed by atoms with E-state index in [0.717, 1.165) is 37.5 Å². The van der Waals surface area contributed by atoms with Crippen molar-refractivity contribution >= 4 is 12.4 Å². The van der Waals surface area contributed by atoms with E-state index >= 15 is 0 Å². The zero-order valence-corrected chi connectivity index (χ0v) is 18.2. The molecule has 0 spiro atoms. The van der Waals surface area contributed by atoms with Crippen molar-refractivity contribution in [3.8, 4) is 0 Å². The lowest BCUT2D eigenvalue weighted by Crippen LogP contribution is -2.46. The van der Waals surface area contributed by atoms with Crippen molar-refractivity contribution in [1.29, 1.82) is 0 Å².